The van der Waals surface area contributed by atoms with Crippen molar-refractivity contribution < 1.29 is 65.7 Å². The molecule has 2 heterocycles. The first kappa shape index (κ1) is 75.2. The molecule has 2 aliphatic heterocycles. The Hall–Kier alpha value is -6.97. The minimum absolute atomic E-state index is 0.0377. The quantitative estimate of drug-likeness (QED) is 0.0758. The Morgan fingerprint density at radius 3 is 0.861 bits per heavy atom. The zero-order valence-corrected chi connectivity index (χ0v) is 63.2. The van der Waals surface area contributed by atoms with Crippen molar-refractivity contribution in [2.24, 2.45) is 46.3 Å². The zero-order valence-electron chi connectivity index (χ0n) is 57.4. The SMILES string of the molecule is CC.CS(=O)(=O)[OH2+].Cc1cc([S+](c2ccccc2)c2ccccc2)cc(C)c1OC(=O)C12CC3CC(CC(C3)C1)C2.Cc1cc([S+](c2ccccc2)c2ccccc2)cc(C)c1OC(=O)C12CC3CC(CC(C3)C1)C2.O=S1(=O)NS(=O)(=O)c2ccccc21.O=S1(=O)[N-]S(=O)(=O)c2ccccc21. The molecule has 3 N–H and O–H groups in total. The largest absolute Gasteiger partial charge is 0.428 e. The summed E-state index contributed by atoms with van der Waals surface area (Å²) in [6.07, 6.45) is 15.1. The number of fused-ring (bicyclic) bond motifs is 2. The van der Waals surface area contributed by atoms with Crippen molar-refractivity contribution >= 4 is 83.9 Å². The van der Waals surface area contributed by atoms with Crippen molar-refractivity contribution in [2.75, 3.05) is 6.26 Å². The molecule has 17 nitrogen and oxygen atoms in total. The average molecular weight is 1500 g/mol. The topological polar surface area (TPSA) is 272 Å². The van der Waals surface area contributed by atoms with E-state index >= 15 is 0 Å². The van der Waals surface area contributed by atoms with Crippen molar-refractivity contribution in [3.05, 3.63) is 221 Å². The van der Waals surface area contributed by atoms with Gasteiger partial charge in [0.25, 0.3) is 20.0 Å². The van der Waals surface area contributed by atoms with E-state index in [0.717, 1.165) is 114 Å². The van der Waals surface area contributed by atoms with Gasteiger partial charge in [-0.1, -0.05) is 111 Å². The highest BCUT2D eigenvalue weighted by atomic mass is 32.3. The van der Waals surface area contributed by atoms with E-state index in [1.165, 1.54) is 116 Å². The van der Waals surface area contributed by atoms with Crippen LogP contribution in [0.25, 0.3) is 4.13 Å². The smallest absolute Gasteiger partial charge is 0.375 e. The van der Waals surface area contributed by atoms with Gasteiger partial charge >= 0.3 is 22.1 Å². The molecule has 8 aromatic carbocycles. The van der Waals surface area contributed by atoms with Crippen molar-refractivity contribution in [3.8, 4) is 11.5 Å². The van der Waals surface area contributed by atoms with Crippen LogP contribution in [0.15, 0.2) is 243 Å². The number of ether oxygens (including phenoxy) is 2. The first-order chi connectivity index (χ1) is 47.9. The van der Waals surface area contributed by atoms with Gasteiger partial charge in [-0.05, 0) is 235 Å². The van der Waals surface area contributed by atoms with Gasteiger partial charge in [0.15, 0.2) is 29.4 Å². The number of aryl methyl sites for hydroxylation is 4. The summed E-state index contributed by atoms with van der Waals surface area (Å²) in [5, 5.41) is 0. The second-order valence-corrected chi connectivity index (χ2v) is 40.1. The molecule has 0 aromatic heterocycles. The van der Waals surface area contributed by atoms with Crippen LogP contribution in [0.4, 0.5) is 0 Å². The molecule has 0 unspecified atom stereocenters. The number of nitrogens with one attached hydrogen (secondary N) is 1. The van der Waals surface area contributed by atoms with Crippen LogP contribution < -0.4 is 13.6 Å². The molecular formula is C77H86N2O15S7+2. The minimum atomic E-state index is -3.98. The molecular weight excluding hydrogens is 1420 g/mol. The highest BCUT2D eigenvalue weighted by Gasteiger charge is 2.57. The lowest BCUT2D eigenvalue weighted by atomic mass is 9.49. The third-order valence-electron chi connectivity index (χ3n) is 19.8. The molecule has 0 radical (unpaired) electrons. The number of rotatable bonds is 10. The molecule has 8 saturated carbocycles. The molecule has 8 bridgehead atoms. The van der Waals surface area contributed by atoms with Crippen LogP contribution in [0, 0.1) is 74.0 Å². The van der Waals surface area contributed by atoms with E-state index in [9.17, 15) is 51.7 Å². The first-order valence-corrected chi connectivity index (χ1v) is 44.1. The Bertz CT molecular complexity index is 4360. The third-order valence-corrected chi connectivity index (χ3v) is 31.5. The van der Waals surface area contributed by atoms with Crippen LogP contribution in [0.5, 0.6) is 11.5 Å². The van der Waals surface area contributed by atoms with E-state index in [-0.39, 0.29) is 64.1 Å². The molecule has 10 aliphatic rings. The van der Waals surface area contributed by atoms with E-state index < -0.39 is 50.2 Å². The summed E-state index contributed by atoms with van der Waals surface area (Å²) in [4.78, 5) is 34.1. The molecule has 8 aliphatic carbocycles. The zero-order chi connectivity index (χ0) is 72.5. The maximum absolute atomic E-state index is 13.6. The Morgan fingerprint density at radius 1 is 0.406 bits per heavy atom. The number of nitrogens with zero attached hydrogens (tertiary/aromatic N) is 1. The van der Waals surface area contributed by atoms with E-state index in [4.69, 9.17) is 14.0 Å². The molecule has 0 saturated heterocycles. The minimum Gasteiger partial charge on any atom is -0.428 e. The molecule has 18 rings (SSSR count). The van der Waals surface area contributed by atoms with E-state index in [2.05, 4.69) is 177 Å². The Labute approximate surface area is 601 Å². The molecule has 8 aromatic rings. The Kier molecular flexibility index (Phi) is 22.6. The lowest BCUT2D eigenvalue weighted by Gasteiger charge is -2.55. The standard InChI is InChI=1S/2C31H33O2S.C6H5NO4S2.C6H4NO4S2.C2H6.CH4O3S/c2*1-21-13-28(34(26-9-5-3-6-10-26)27-11-7-4-8-12-27)14-22(2)29(21)33-30(32)31-18-23-15-24(19-31)17-25(16-23)20-31;2*8-12(9)5-3-1-2-4-6(5)13(10,11)7-12;1-2;1-5(2,3)4/h2*3-14,23-25H,15-20H2,1-2H3;1-4,7H;1-4H;1-2H3;1H3,(H,2,3,4)/q2*+1;;-1;;/p+1. The monoisotopic (exact) mass is 1500 g/mol. The summed E-state index contributed by atoms with van der Waals surface area (Å²) in [6.45, 7) is 12.4. The van der Waals surface area contributed by atoms with Gasteiger partial charge in [0, 0.05) is 24.3 Å². The Balaban J connectivity index is 0.000000142. The van der Waals surface area contributed by atoms with Crippen molar-refractivity contribution in [1.82, 2.24) is 4.13 Å². The van der Waals surface area contributed by atoms with Crippen molar-refractivity contribution in [3.63, 3.8) is 0 Å². The number of carbonyl (C=O) groups is 2. The van der Waals surface area contributed by atoms with Gasteiger partial charge in [0.2, 0.25) is 0 Å². The number of hydrogen-bond donors (Lipinski definition) is 1. The summed E-state index contributed by atoms with van der Waals surface area (Å²) >= 11 is 0. The van der Waals surface area contributed by atoms with Crippen LogP contribution in [-0.2, 0) is 81.6 Å². The number of sulfonamides is 4. The number of hydrogen-bond acceptors (Lipinski definition) is 14. The average Bonchev–Trinajstić information content (AvgIpc) is 1.62. The van der Waals surface area contributed by atoms with Crippen LogP contribution >= 0.6 is 0 Å². The van der Waals surface area contributed by atoms with Gasteiger partial charge in [0.05, 0.1) is 42.4 Å². The van der Waals surface area contributed by atoms with Crippen molar-refractivity contribution in [2.45, 2.75) is 168 Å². The molecule has 0 atom stereocenters. The summed E-state index contributed by atoms with van der Waals surface area (Å²) in [6, 6.07) is 62.6. The fourth-order valence-electron chi connectivity index (χ4n) is 16.8. The maximum Gasteiger partial charge on any atom is 0.375 e. The summed E-state index contributed by atoms with van der Waals surface area (Å²) in [5.74, 6) is 6.05. The predicted octanol–water partition coefficient (Wildman–Crippen LogP) is 14.9. The molecule has 0 spiro atoms. The molecule has 101 heavy (non-hydrogen) atoms. The second-order valence-electron chi connectivity index (χ2n) is 27.6. The number of carbonyl (C=O) groups excluding carboxylic acids is 2. The lowest BCUT2D eigenvalue weighted by Crippen LogP contribution is -2.51. The Morgan fingerprint density at radius 2 is 0.624 bits per heavy atom. The molecule has 24 heteroatoms. The highest BCUT2D eigenvalue weighted by molar-refractivity contribution is 8.14. The molecule has 534 valence electrons. The van der Waals surface area contributed by atoms with Crippen LogP contribution in [0.3, 0.4) is 0 Å². The predicted molar refractivity (Wildman–Crippen MR) is 392 cm³/mol. The highest BCUT2D eigenvalue weighted by Crippen LogP contribution is 2.62. The van der Waals surface area contributed by atoms with Crippen LogP contribution in [0.1, 0.15) is 113 Å². The summed E-state index contributed by atoms with van der Waals surface area (Å²) < 4.78 is 131. The maximum atomic E-state index is 13.6. The van der Waals surface area contributed by atoms with Gasteiger partial charge in [-0.2, -0.15) is 8.42 Å². The second kappa shape index (κ2) is 30.4. The van der Waals surface area contributed by atoms with Gasteiger partial charge in [-0.15, -0.1) is 4.13 Å². The lowest BCUT2D eigenvalue weighted by molar-refractivity contribution is -0.162. The number of esters is 2. The van der Waals surface area contributed by atoms with Crippen LogP contribution in [0.2, 0.25) is 0 Å². The first-order valence-electron chi connectivity index (χ1n) is 33.9. The van der Waals surface area contributed by atoms with Gasteiger partial charge < -0.3 is 18.2 Å². The number of benzene rings is 8. The molecule has 8 fully saturated rings. The van der Waals surface area contributed by atoms with Crippen LogP contribution in [-0.4, -0.2) is 64.8 Å². The molecule has 0 amide bonds. The fourth-order valence-corrected chi connectivity index (χ4v) is 28.5. The third kappa shape index (κ3) is 17.0. The normalized spacial score (nSPS) is 24.7. The van der Waals surface area contributed by atoms with E-state index in [0.29, 0.717) is 0 Å². The van der Waals surface area contributed by atoms with Crippen molar-refractivity contribution in [1.29, 1.82) is 0 Å². The summed E-state index contributed by atoms with van der Waals surface area (Å²) in [5.41, 5.74) is 3.75. The van der Waals surface area contributed by atoms with E-state index in [1.807, 2.05) is 13.8 Å². The summed E-state index contributed by atoms with van der Waals surface area (Å²) in [7, 11) is -19.5. The van der Waals surface area contributed by atoms with Gasteiger partial charge in [0.1, 0.15) is 47.6 Å². The fraction of sp³-hybridized carbons (Fsp3) is 0.351. The van der Waals surface area contributed by atoms with Gasteiger partial charge in [-0.3, -0.25) is 9.59 Å². The van der Waals surface area contributed by atoms with Gasteiger partial charge in [-0.25, -0.2) is 33.7 Å². The van der Waals surface area contributed by atoms with E-state index in [1.54, 1.807) is 4.13 Å².